The molecule has 0 aromatic heterocycles. The third-order valence-electron chi connectivity index (χ3n) is 4.63. The zero-order chi connectivity index (χ0) is 19.3. The SMILES string of the molecule is Nc1cc(C(=O)O)c(C2c3ccc(O)cc3Oc3cc(O)ccc32)cc1N. The Morgan fingerprint density at radius 3 is 1.85 bits per heavy atom. The second kappa shape index (κ2) is 5.84. The van der Waals surface area contributed by atoms with Gasteiger partial charge in [0.2, 0.25) is 0 Å². The molecule has 1 heterocycles. The summed E-state index contributed by atoms with van der Waals surface area (Å²) in [6, 6.07) is 12.1. The van der Waals surface area contributed by atoms with E-state index in [-0.39, 0.29) is 28.4 Å². The van der Waals surface area contributed by atoms with Crippen LogP contribution < -0.4 is 16.2 Å². The van der Waals surface area contributed by atoms with Gasteiger partial charge in [0.05, 0.1) is 16.9 Å². The molecular formula is C20H16N2O5. The van der Waals surface area contributed by atoms with E-state index in [0.29, 0.717) is 28.2 Å². The number of rotatable bonds is 2. The largest absolute Gasteiger partial charge is 0.508 e. The third-order valence-corrected chi connectivity index (χ3v) is 4.63. The minimum Gasteiger partial charge on any atom is -0.508 e. The summed E-state index contributed by atoms with van der Waals surface area (Å²) in [7, 11) is 0. The van der Waals surface area contributed by atoms with Gasteiger partial charge in [0.15, 0.2) is 0 Å². The molecule has 0 saturated heterocycles. The minimum atomic E-state index is -1.14. The second-order valence-corrected chi connectivity index (χ2v) is 6.35. The van der Waals surface area contributed by atoms with Crippen LogP contribution in [0, 0.1) is 0 Å². The molecule has 0 radical (unpaired) electrons. The summed E-state index contributed by atoms with van der Waals surface area (Å²) in [4.78, 5) is 11.9. The van der Waals surface area contributed by atoms with E-state index in [0.717, 1.165) is 0 Å². The average Bonchev–Trinajstić information content (AvgIpc) is 2.61. The minimum absolute atomic E-state index is 0.00591. The molecule has 0 aliphatic carbocycles. The Hall–Kier alpha value is -3.87. The van der Waals surface area contributed by atoms with E-state index in [9.17, 15) is 20.1 Å². The molecule has 3 aromatic rings. The smallest absolute Gasteiger partial charge is 0.336 e. The van der Waals surface area contributed by atoms with Crippen LogP contribution in [0.3, 0.4) is 0 Å². The van der Waals surface area contributed by atoms with Crippen molar-refractivity contribution in [2.24, 2.45) is 0 Å². The molecule has 7 N–H and O–H groups in total. The molecule has 7 heteroatoms. The number of ether oxygens (including phenoxy) is 1. The van der Waals surface area contributed by atoms with Gasteiger partial charge in [-0.1, -0.05) is 12.1 Å². The topological polar surface area (TPSA) is 139 Å². The number of phenolic OH excluding ortho intramolecular Hbond substituents is 2. The first-order valence-corrected chi connectivity index (χ1v) is 8.11. The van der Waals surface area contributed by atoms with Gasteiger partial charge in [-0.05, 0) is 29.8 Å². The summed E-state index contributed by atoms with van der Waals surface area (Å²) in [5, 5.41) is 29.3. The van der Waals surface area contributed by atoms with Crippen LogP contribution in [-0.2, 0) is 0 Å². The number of phenols is 2. The molecule has 1 aliphatic heterocycles. The van der Waals surface area contributed by atoms with Gasteiger partial charge in [0.1, 0.15) is 23.0 Å². The van der Waals surface area contributed by atoms with E-state index in [4.69, 9.17) is 16.2 Å². The van der Waals surface area contributed by atoms with Crippen molar-refractivity contribution in [3.63, 3.8) is 0 Å². The fourth-order valence-electron chi connectivity index (χ4n) is 3.40. The van der Waals surface area contributed by atoms with Crippen molar-refractivity contribution in [3.8, 4) is 23.0 Å². The fraction of sp³-hybridized carbons (Fsp3) is 0.0500. The number of nitrogens with two attached hydrogens (primary N) is 2. The van der Waals surface area contributed by atoms with Crippen molar-refractivity contribution >= 4 is 17.3 Å². The summed E-state index contributed by atoms with van der Waals surface area (Å²) in [5.41, 5.74) is 14.0. The van der Waals surface area contributed by atoms with Crippen molar-refractivity contribution in [1.82, 2.24) is 0 Å². The predicted molar refractivity (Wildman–Crippen MR) is 99.5 cm³/mol. The average molecular weight is 364 g/mol. The number of carbonyl (C=O) groups is 1. The van der Waals surface area contributed by atoms with Gasteiger partial charge in [-0.3, -0.25) is 0 Å². The molecule has 0 saturated carbocycles. The summed E-state index contributed by atoms with van der Waals surface area (Å²) in [6.45, 7) is 0. The molecule has 0 amide bonds. The summed E-state index contributed by atoms with van der Waals surface area (Å²) < 4.78 is 5.82. The quantitative estimate of drug-likeness (QED) is 0.344. The number of hydrogen-bond acceptors (Lipinski definition) is 6. The number of carboxylic acid groups (broad SMARTS) is 1. The zero-order valence-electron chi connectivity index (χ0n) is 14.0. The van der Waals surface area contributed by atoms with E-state index < -0.39 is 11.9 Å². The lowest BCUT2D eigenvalue weighted by Gasteiger charge is -2.30. The van der Waals surface area contributed by atoms with Crippen molar-refractivity contribution < 1.29 is 24.9 Å². The first-order chi connectivity index (χ1) is 12.8. The molecule has 0 spiro atoms. The monoisotopic (exact) mass is 364 g/mol. The predicted octanol–water partition coefficient (Wildman–Crippen LogP) is 3.25. The van der Waals surface area contributed by atoms with E-state index >= 15 is 0 Å². The molecule has 0 unspecified atom stereocenters. The molecule has 7 nitrogen and oxygen atoms in total. The van der Waals surface area contributed by atoms with Crippen molar-refractivity contribution in [3.05, 3.63) is 70.8 Å². The number of fused-ring (bicyclic) bond motifs is 2. The Labute approximate surface area is 154 Å². The standard InChI is InChI=1S/C20H16N2O5/c21-15-7-13(14(20(25)26)8-16(15)22)19-11-3-1-9(23)5-17(11)27-18-6-10(24)2-4-12(18)19/h1-8,19,23-24H,21-22H2,(H,25,26). The Balaban J connectivity index is 2.04. The number of anilines is 2. The lowest BCUT2D eigenvalue weighted by molar-refractivity contribution is 0.0695. The van der Waals surface area contributed by atoms with Crippen molar-refractivity contribution in [1.29, 1.82) is 0 Å². The van der Waals surface area contributed by atoms with Crippen LogP contribution in [0.4, 0.5) is 11.4 Å². The maximum atomic E-state index is 11.9. The third kappa shape index (κ3) is 2.65. The highest BCUT2D eigenvalue weighted by Gasteiger charge is 2.32. The first-order valence-electron chi connectivity index (χ1n) is 8.11. The van der Waals surface area contributed by atoms with Crippen molar-refractivity contribution in [2.75, 3.05) is 11.5 Å². The summed E-state index contributed by atoms with van der Waals surface area (Å²) >= 11 is 0. The van der Waals surface area contributed by atoms with Gasteiger partial charge in [-0.15, -0.1) is 0 Å². The molecule has 3 aromatic carbocycles. The summed E-state index contributed by atoms with van der Waals surface area (Å²) in [5.74, 6) is -0.921. The van der Waals surface area contributed by atoms with Gasteiger partial charge >= 0.3 is 5.97 Å². The number of aromatic carboxylic acids is 1. The van der Waals surface area contributed by atoms with Gasteiger partial charge in [0, 0.05) is 29.2 Å². The molecule has 0 bridgehead atoms. The highest BCUT2D eigenvalue weighted by molar-refractivity contribution is 5.93. The molecule has 0 atom stereocenters. The van der Waals surface area contributed by atoms with E-state index in [1.54, 1.807) is 18.2 Å². The molecular weight excluding hydrogens is 348 g/mol. The van der Waals surface area contributed by atoms with Crippen LogP contribution in [0.15, 0.2) is 48.5 Å². The fourth-order valence-corrected chi connectivity index (χ4v) is 3.40. The van der Waals surface area contributed by atoms with E-state index in [1.165, 1.54) is 30.3 Å². The Morgan fingerprint density at radius 2 is 1.33 bits per heavy atom. The highest BCUT2D eigenvalue weighted by Crippen LogP contribution is 2.50. The molecule has 136 valence electrons. The van der Waals surface area contributed by atoms with Crippen LogP contribution in [0.5, 0.6) is 23.0 Å². The molecule has 27 heavy (non-hydrogen) atoms. The number of nitrogen functional groups attached to an aromatic ring is 2. The number of benzene rings is 3. The second-order valence-electron chi connectivity index (χ2n) is 6.35. The van der Waals surface area contributed by atoms with Crippen LogP contribution in [0.25, 0.3) is 0 Å². The van der Waals surface area contributed by atoms with E-state index in [2.05, 4.69) is 0 Å². The van der Waals surface area contributed by atoms with Crippen LogP contribution in [0.1, 0.15) is 33.0 Å². The maximum absolute atomic E-state index is 11.9. The van der Waals surface area contributed by atoms with Crippen LogP contribution in [0.2, 0.25) is 0 Å². The lowest BCUT2D eigenvalue weighted by atomic mass is 9.80. The Kier molecular flexibility index (Phi) is 3.59. The maximum Gasteiger partial charge on any atom is 0.336 e. The van der Waals surface area contributed by atoms with Gasteiger partial charge in [0.25, 0.3) is 0 Å². The zero-order valence-corrected chi connectivity index (χ0v) is 14.0. The van der Waals surface area contributed by atoms with Gasteiger partial charge < -0.3 is 31.5 Å². The first kappa shape index (κ1) is 16.6. The Morgan fingerprint density at radius 1 is 0.815 bits per heavy atom. The highest BCUT2D eigenvalue weighted by atomic mass is 16.5. The Bertz CT molecular complexity index is 1040. The van der Waals surface area contributed by atoms with Crippen LogP contribution >= 0.6 is 0 Å². The molecule has 1 aliphatic rings. The normalized spacial score (nSPS) is 12.7. The lowest BCUT2D eigenvalue weighted by Crippen LogP contribution is -2.16. The number of carboxylic acids is 1. The van der Waals surface area contributed by atoms with Crippen LogP contribution in [-0.4, -0.2) is 21.3 Å². The number of aromatic hydroxyl groups is 2. The van der Waals surface area contributed by atoms with Gasteiger partial charge in [-0.25, -0.2) is 4.79 Å². The van der Waals surface area contributed by atoms with E-state index in [1.807, 2.05) is 0 Å². The molecule has 0 fully saturated rings. The van der Waals surface area contributed by atoms with Crippen molar-refractivity contribution in [2.45, 2.75) is 5.92 Å². The molecule has 4 rings (SSSR count). The summed E-state index contributed by atoms with van der Waals surface area (Å²) in [6.07, 6.45) is 0. The number of hydrogen-bond donors (Lipinski definition) is 5. The van der Waals surface area contributed by atoms with Gasteiger partial charge in [-0.2, -0.15) is 0 Å².